The number of carbonyl (C=O) groups excluding carboxylic acids is 1. The van der Waals surface area contributed by atoms with Gasteiger partial charge >= 0.3 is 0 Å². The van der Waals surface area contributed by atoms with Gasteiger partial charge in [0.2, 0.25) is 5.91 Å². The number of rotatable bonds is 6. The molecule has 4 heteroatoms. The molecule has 1 aromatic rings. The molecule has 4 nitrogen and oxygen atoms in total. The van der Waals surface area contributed by atoms with E-state index >= 15 is 0 Å². The molecule has 1 N–H and O–H groups in total. The standard InChI is InChI=1S/C20H28N2O2/c1-24-19-5-3-2-4-15(19)13-22(18-8-9-18)20(23)12-14-10-16-6-7-17(11-14)21-16/h2-5,14,16-18,21H,6-13H2,1H3. The number of hydrogen-bond donors (Lipinski definition) is 1. The summed E-state index contributed by atoms with van der Waals surface area (Å²) in [5.41, 5.74) is 1.12. The fourth-order valence-corrected chi connectivity index (χ4v) is 4.53. The molecule has 0 aromatic heterocycles. The summed E-state index contributed by atoms with van der Waals surface area (Å²) in [7, 11) is 1.70. The van der Waals surface area contributed by atoms with Gasteiger partial charge in [-0.25, -0.2) is 0 Å². The smallest absolute Gasteiger partial charge is 0.223 e. The van der Waals surface area contributed by atoms with E-state index in [1.54, 1.807) is 7.11 Å². The maximum atomic E-state index is 13.0. The number of fused-ring (bicyclic) bond motifs is 2. The number of carbonyl (C=O) groups is 1. The van der Waals surface area contributed by atoms with Gasteiger partial charge in [-0.15, -0.1) is 0 Å². The molecular formula is C20H28N2O2. The first-order chi connectivity index (χ1) is 11.7. The van der Waals surface area contributed by atoms with E-state index in [1.807, 2.05) is 18.2 Å². The fourth-order valence-electron chi connectivity index (χ4n) is 4.53. The molecule has 3 fully saturated rings. The Hall–Kier alpha value is -1.55. The minimum Gasteiger partial charge on any atom is -0.496 e. The van der Waals surface area contributed by atoms with Gasteiger partial charge in [0, 0.05) is 36.7 Å². The maximum absolute atomic E-state index is 13.0. The van der Waals surface area contributed by atoms with Gasteiger partial charge in [-0.3, -0.25) is 4.79 Å². The number of nitrogens with zero attached hydrogens (tertiary/aromatic N) is 1. The monoisotopic (exact) mass is 328 g/mol. The van der Waals surface area contributed by atoms with Crippen LogP contribution in [0.15, 0.2) is 24.3 Å². The largest absolute Gasteiger partial charge is 0.496 e. The van der Waals surface area contributed by atoms with E-state index < -0.39 is 0 Å². The third-order valence-corrected chi connectivity index (χ3v) is 5.88. The Kier molecular flexibility index (Phi) is 4.49. The molecule has 2 unspecified atom stereocenters. The van der Waals surface area contributed by atoms with Gasteiger partial charge < -0.3 is 15.0 Å². The number of hydrogen-bond acceptors (Lipinski definition) is 3. The topological polar surface area (TPSA) is 41.6 Å². The normalized spacial score (nSPS) is 28.6. The lowest BCUT2D eigenvalue weighted by molar-refractivity contribution is -0.133. The second-order valence-electron chi connectivity index (χ2n) is 7.74. The zero-order valence-corrected chi connectivity index (χ0v) is 14.5. The molecule has 24 heavy (non-hydrogen) atoms. The highest BCUT2D eigenvalue weighted by molar-refractivity contribution is 5.77. The third-order valence-electron chi connectivity index (χ3n) is 5.88. The number of ether oxygens (including phenoxy) is 1. The molecule has 2 atom stereocenters. The average molecular weight is 328 g/mol. The highest BCUT2D eigenvalue weighted by Gasteiger charge is 2.37. The molecule has 2 saturated heterocycles. The molecule has 130 valence electrons. The Balaban J connectivity index is 1.42. The van der Waals surface area contributed by atoms with Gasteiger partial charge in [0.25, 0.3) is 0 Å². The highest BCUT2D eigenvalue weighted by atomic mass is 16.5. The SMILES string of the molecule is COc1ccccc1CN(C(=O)CC1CC2CCC(C1)N2)C1CC1. The second-order valence-corrected chi connectivity index (χ2v) is 7.74. The Morgan fingerprint density at radius 1 is 1.17 bits per heavy atom. The first kappa shape index (κ1) is 15.9. The van der Waals surface area contributed by atoms with Gasteiger partial charge in [-0.1, -0.05) is 18.2 Å². The minimum absolute atomic E-state index is 0.342. The highest BCUT2D eigenvalue weighted by Crippen LogP contribution is 2.35. The van der Waals surface area contributed by atoms with Crippen LogP contribution < -0.4 is 10.1 Å². The van der Waals surface area contributed by atoms with Crippen molar-refractivity contribution in [3.05, 3.63) is 29.8 Å². The van der Waals surface area contributed by atoms with Crippen molar-refractivity contribution in [3.8, 4) is 5.75 Å². The quantitative estimate of drug-likeness (QED) is 0.872. The van der Waals surface area contributed by atoms with Crippen molar-refractivity contribution in [3.63, 3.8) is 0 Å². The molecule has 3 aliphatic rings. The third kappa shape index (κ3) is 3.44. The number of para-hydroxylation sites is 1. The van der Waals surface area contributed by atoms with Crippen molar-refractivity contribution in [2.75, 3.05) is 7.11 Å². The van der Waals surface area contributed by atoms with Crippen LogP contribution in [-0.2, 0) is 11.3 Å². The predicted molar refractivity (Wildman–Crippen MR) is 93.9 cm³/mol. The Labute approximate surface area is 144 Å². The molecule has 2 heterocycles. The number of nitrogens with one attached hydrogen (secondary N) is 1. The van der Waals surface area contributed by atoms with Crippen molar-refractivity contribution < 1.29 is 9.53 Å². The fraction of sp³-hybridized carbons (Fsp3) is 0.650. The van der Waals surface area contributed by atoms with Crippen molar-refractivity contribution in [1.29, 1.82) is 0 Å². The van der Waals surface area contributed by atoms with Crippen LogP contribution in [0.25, 0.3) is 0 Å². The van der Waals surface area contributed by atoms with Gasteiger partial charge in [0.1, 0.15) is 5.75 Å². The summed E-state index contributed by atoms with van der Waals surface area (Å²) >= 11 is 0. The van der Waals surface area contributed by atoms with Crippen molar-refractivity contribution in [1.82, 2.24) is 10.2 Å². The van der Waals surface area contributed by atoms with Crippen LogP contribution in [0.4, 0.5) is 0 Å². The first-order valence-corrected chi connectivity index (χ1v) is 9.40. The van der Waals surface area contributed by atoms with Crippen LogP contribution >= 0.6 is 0 Å². The second kappa shape index (κ2) is 6.75. The number of benzene rings is 1. The zero-order chi connectivity index (χ0) is 16.5. The molecule has 1 aromatic carbocycles. The molecule has 4 rings (SSSR count). The lowest BCUT2D eigenvalue weighted by Gasteiger charge is -2.31. The van der Waals surface area contributed by atoms with Crippen LogP contribution in [0.1, 0.15) is 50.5 Å². The van der Waals surface area contributed by atoms with E-state index in [2.05, 4.69) is 16.3 Å². The van der Waals surface area contributed by atoms with Gasteiger partial charge in [0.15, 0.2) is 0 Å². The lowest BCUT2D eigenvalue weighted by Crippen LogP contribution is -2.41. The molecule has 1 aliphatic carbocycles. The molecule has 2 aliphatic heterocycles. The van der Waals surface area contributed by atoms with Crippen molar-refractivity contribution in [2.24, 2.45) is 5.92 Å². The van der Waals surface area contributed by atoms with Crippen molar-refractivity contribution in [2.45, 2.75) is 69.6 Å². The zero-order valence-electron chi connectivity index (χ0n) is 14.5. The molecule has 0 radical (unpaired) electrons. The van der Waals surface area contributed by atoms with Gasteiger partial charge in [-0.2, -0.15) is 0 Å². The summed E-state index contributed by atoms with van der Waals surface area (Å²) in [5.74, 6) is 1.79. The number of methoxy groups -OCH3 is 1. The average Bonchev–Trinajstić information content (AvgIpc) is 3.37. The van der Waals surface area contributed by atoms with Crippen LogP contribution in [0, 0.1) is 5.92 Å². The Morgan fingerprint density at radius 3 is 2.54 bits per heavy atom. The summed E-state index contributed by atoms with van der Waals surface area (Å²) in [6, 6.07) is 9.83. The van der Waals surface area contributed by atoms with E-state index in [0.717, 1.165) is 30.6 Å². The van der Waals surface area contributed by atoms with Crippen LogP contribution in [0.5, 0.6) is 5.75 Å². The van der Waals surface area contributed by atoms with E-state index in [9.17, 15) is 4.79 Å². The predicted octanol–water partition coefficient (Wildman–Crippen LogP) is 3.11. The van der Waals surface area contributed by atoms with Crippen LogP contribution in [0.3, 0.4) is 0 Å². The molecule has 1 saturated carbocycles. The summed E-state index contributed by atoms with van der Waals surface area (Å²) in [6.07, 6.45) is 7.97. The van der Waals surface area contributed by atoms with Gasteiger partial charge in [-0.05, 0) is 50.5 Å². The summed E-state index contributed by atoms with van der Waals surface area (Å²) in [4.78, 5) is 15.1. The van der Waals surface area contributed by atoms with E-state index in [4.69, 9.17) is 4.74 Å². The summed E-state index contributed by atoms with van der Waals surface area (Å²) in [6.45, 7) is 0.686. The van der Waals surface area contributed by atoms with Gasteiger partial charge in [0.05, 0.1) is 7.11 Å². The summed E-state index contributed by atoms with van der Waals surface area (Å²) < 4.78 is 5.47. The summed E-state index contributed by atoms with van der Waals surface area (Å²) in [5, 5.41) is 3.67. The molecule has 0 spiro atoms. The minimum atomic E-state index is 0.342. The van der Waals surface area contributed by atoms with E-state index in [-0.39, 0.29) is 0 Å². The molecule has 1 amide bonds. The van der Waals surface area contributed by atoms with Crippen LogP contribution in [0.2, 0.25) is 0 Å². The first-order valence-electron chi connectivity index (χ1n) is 9.40. The molecule has 2 bridgehead atoms. The molecular weight excluding hydrogens is 300 g/mol. The van der Waals surface area contributed by atoms with E-state index in [0.29, 0.717) is 36.5 Å². The van der Waals surface area contributed by atoms with Crippen LogP contribution in [-0.4, -0.2) is 36.0 Å². The number of piperidine rings is 1. The lowest BCUT2D eigenvalue weighted by atomic mass is 9.89. The van der Waals surface area contributed by atoms with Crippen molar-refractivity contribution >= 4 is 5.91 Å². The number of amides is 1. The Morgan fingerprint density at radius 2 is 1.88 bits per heavy atom. The Bertz CT molecular complexity index is 587. The maximum Gasteiger partial charge on any atom is 0.223 e. The van der Waals surface area contributed by atoms with E-state index in [1.165, 1.54) is 25.7 Å².